The predicted octanol–water partition coefficient (Wildman–Crippen LogP) is 2.16. The maximum absolute atomic E-state index is 12.6. The van der Waals surface area contributed by atoms with Gasteiger partial charge in [-0.1, -0.05) is 17.7 Å². The molecule has 2 atom stereocenters. The molecule has 1 aromatic carbocycles. The second-order valence-corrected chi connectivity index (χ2v) is 8.63. The van der Waals surface area contributed by atoms with Crippen LogP contribution in [0, 0.1) is 5.92 Å². The van der Waals surface area contributed by atoms with Gasteiger partial charge >= 0.3 is 0 Å². The Kier molecular flexibility index (Phi) is 7.74. The second kappa shape index (κ2) is 10.3. The molecule has 0 saturated carbocycles. The van der Waals surface area contributed by atoms with Crippen LogP contribution in [0.25, 0.3) is 0 Å². The Morgan fingerprint density at radius 3 is 2.75 bits per heavy atom. The lowest BCUT2D eigenvalue weighted by atomic mass is 9.91. The first-order valence-electron chi connectivity index (χ1n) is 10.7. The van der Waals surface area contributed by atoms with E-state index in [-0.39, 0.29) is 11.8 Å². The molecule has 2 unspecified atom stereocenters. The van der Waals surface area contributed by atoms with Crippen LogP contribution in [0.3, 0.4) is 0 Å². The fraction of sp³-hybridized carbons (Fsp3) is 0.636. The number of piperidine rings is 1. The molecule has 0 aromatic heterocycles. The fourth-order valence-electron chi connectivity index (χ4n) is 4.59. The number of carbonyl (C=O) groups excluding carboxylic acids is 2. The standard InChI is InChI=1S/C22H32ClN3O2/c1-2-25-12-4-7-20(25)16-24-21(27)9-8-17-10-13-26(14-11-17)22(28)18-5-3-6-19(23)15-18/h3,5-6,15,17,20H,2,4,7-14,16H2,1H3,(H,24,27)/p+1. The number of likely N-dealkylation sites (tertiary alicyclic amines) is 2. The van der Waals surface area contributed by atoms with Gasteiger partial charge in [-0.25, -0.2) is 0 Å². The smallest absolute Gasteiger partial charge is 0.253 e. The molecule has 0 spiro atoms. The Labute approximate surface area is 173 Å². The lowest BCUT2D eigenvalue weighted by molar-refractivity contribution is -0.909. The molecular formula is C22H33ClN3O2+. The highest BCUT2D eigenvalue weighted by Gasteiger charge is 2.27. The molecule has 2 heterocycles. The van der Waals surface area contributed by atoms with Crippen molar-refractivity contribution in [3.05, 3.63) is 34.9 Å². The van der Waals surface area contributed by atoms with Crippen LogP contribution >= 0.6 is 11.6 Å². The van der Waals surface area contributed by atoms with E-state index in [1.807, 2.05) is 17.0 Å². The summed E-state index contributed by atoms with van der Waals surface area (Å²) in [5, 5.41) is 3.74. The van der Waals surface area contributed by atoms with Gasteiger partial charge in [0.2, 0.25) is 5.91 Å². The van der Waals surface area contributed by atoms with E-state index in [0.717, 1.165) is 45.4 Å². The number of hydrogen-bond acceptors (Lipinski definition) is 2. The van der Waals surface area contributed by atoms with Crippen LogP contribution in [-0.4, -0.2) is 55.5 Å². The van der Waals surface area contributed by atoms with Gasteiger partial charge in [0, 0.05) is 42.9 Å². The first-order chi connectivity index (χ1) is 13.6. The van der Waals surface area contributed by atoms with Crippen molar-refractivity contribution < 1.29 is 14.5 Å². The fourth-order valence-corrected chi connectivity index (χ4v) is 4.78. The predicted molar refractivity (Wildman–Crippen MR) is 112 cm³/mol. The normalized spacial score (nSPS) is 23.0. The van der Waals surface area contributed by atoms with Gasteiger partial charge in [-0.2, -0.15) is 0 Å². The first-order valence-corrected chi connectivity index (χ1v) is 11.1. The topological polar surface area (TPSA) is 53.9 Å². The highest BCUT2D eigenvalue weighted by Crippen LogP contribution is 2.23. The van der Waals surface area contributed by atoms with Crippen molar-refractivity contribution in [2.45, 2.75) is 51.5 Å². The highest BCUT2D eigenvalue weighted by atomic mass is 35.5. The van der Waals surface area contributed by atoms with Crippen LogP contribution < -0.4 is 10.2 Å². The van der Waals surface area contributed by atoms with E-state index < -0.39 is 0 Å². The molecule has 2 N–H and O–H groups in total. The average Bonchev–Trinajstić information content (AvgIpc) is 3.18. The van der Waals surface area contributed by atoms with Gasteiger partial charge in [0.25, 0.3) is 5.91 Å². The number of carbonyl (C=O) groups is 2. The third-order valence-electron chi connectivity index (χ3n) is 6.38. The highest BCUT2D eigenvalue weighted by molar-refractivity contribution is 6.30. The molecule has 2 aliphatic heterocycles. The van der Waals surface area contributed by atoms with Crippen molar-refractivity contribution in [1.82, 2.24) is 10.2 Å². The number of nitrogens with one attached hydrogen (secondary N) is 2. The Morgan fingerprint density at radius 1 is 1.25 bits per heavy atom. The van der Waals surface area contributed by atoms with Gasteiger partial charge in [0.15, 0.2) is 0 Å². The summed E-state index contributed by atoms with van der Waals surface area (Å²) in [6.45, 7) is 6.94. The summed E-state index contributed by atoms with van der Waals surface area (Å²) in [6.07, 6.45) is 5.95. The number of hydrogen-bond donors (Lipinski definition) is 2. The molecule has 2 saturated heterocycles. The van der Waals surface area contributed by atoms with E-state index in [4.69, 9.17) is 11.6 Å². The summed E-state index contributed by atoms with van der Waals surface area (Å²) in [6, 6.07) is 7.73. The van der Waals surface area contributed by atoms with Crippen LogP contribution in [0.15, 0.2) is 24.3 Å². The minimum atomic E-state index is 0.0539. The summed E-state index contributed by atoms with van der Waals surface area (Å²) in [4.78, 5) is 28.3. The summed E-state index contributed by atoms with van der Waals surface area (Å²) in [7, 11) is 0. The van der Waals surface area contributed by atoms with Gasteiger partial charge in [0.1, 0.15) is 6.04 Å². The van der Waals surface area contributed by atoms with E-state index >= 15 is 0 Å². The zero-order valence-corrected chi connectivity index (χ0v) is 17.6. The van der Waals surface area contributed by atoms with Gasteiger partial charge in [-0.3, -0.25) is 9.59 Å². The van der Waals surface area contributed by atoms with E-state index in [2.05, 4.69) is 12.2 Å². The van der Waals surface area contributed by atoms with Crippen LogP contribution in [0.4, 0.5) is 0 Å². The van der Waals surface area contributed by atoms with E-state index in [9.17, 15) is 9.59 Å². The quantitative estimate of drug-likeness (QED) is 0.729. The third-order valence-corrected chi connectivity index (χ3v) is 6.62. The molecule has 154 valence electrons. The molecule has 0 radical (unpaired) electrons. The van der Waals surface area contributed by atoms with Crippen LogP contribution in [0.2, 0.25) is 5.02 Å². The minimum absolute atomic E-state index is 0.0539. The molecule has 3 rings (SSSR count). The van der Waals surface area contributed by atoms with E-state index in [1.165, 1.54) is 19.4 Å². The largest absolute Gasteiger partial charge is 0.350 e. The van der Waals surface area contributed by atoms with Gasteiger partial charge in [0.05, 0.1) is 19.6 Å². The number of benzene rings is 1. The van der Waals surface area contributed by atoms with Crippen molar-refractivity contribution >= 4 is 23.4 Å². The SMILES string of the molecule is CC[NH+]1CCCC1CNC(=O)CCC1CCN(C(=O)c2cccc(Cl)c2)CC1. The first kappa shape index (κ1) is 21.1. The maximum Gasteiger partial charge on any atom is 0.253 e. The molecule has 0 bridgehead atoms. The molecular weight excluding hydrogens is 374 g/mol. The number of halogens is 1. The molecule has 2 amide bonds. The van der Waals surface area contributed by atoms with Crippen LogP contribution in [0.5, 0.6) is 0 Å². The molecule has 5 nitrogen and oxygen atoms in total. The van der Waals surface area contributed by atoms with E-state index in [0.29, 0.717) is 29.0 Å². The maximum atomic E-state index is 12.6. The summed E-state index contributed by atoms with van der Waals surface area (Å²) < 4.78 is 0. The third kappa shape index (κ3) is 5.71. The Balaban J connectivity index is 1.35. The van der Waals surface area contributed by atoms with Gasteiger partial charge in [-0.05, 0) is 50.3 Å². The molecule has 1 aromatic rings. The average molecular weight is 407 g/mol. The lowest BCUT2D eigenvalue weighted by Crippen LogP contribution is -3.14. The van der Waals surface area contributed by atoms with Crippen molar-refractivity contribution in [3.8, 4) is 0 Å². The molecule has 0 aliphatic carbocycles. The molecule has 6 heteroatoms. The van der Waals surface area contributed by atoms with Crippen molar-refractivity contribution in [3.63, 3.8) is 0 Å². The molecule has 2 aliphatic rings. The lowest BCUT2D eigenvalue weighted by Gasteiger charge is -2.32. The zero-order chi connectivity index (χ0) is 19.9. The van der Waals surface area contributed by atoms with Crippen molar-refractivity contribution in [2.75, 3.05) is 32.7 Å². The van der Waals surface area contributed by atoms with Crippen molar-refractivity contribution in [2.24, 2.45) is 5.92 Å². The number of nitrogens with zero attached hydrogens (tertiary/aromatic N) is 1. The van der Waals surface area contributed by atoms with E-state index in [1.54, 1.807) is 17.0 Å². The number of rotatable bonds is 7. The zero-order valence-electron chi connectivity index (χ0n) is 16.9. The summed E-state index contributed by atoms with van der Waals surface area (Å²) in [5.74, 6) is 0.761. The second-order valence-electron chi connectivity index (χ2n) is 8.19. The van der Waals surface area contributed by atoms with Crippen LogP contribution in [-0.2, 0) is 4.79 Å². The van der Waals surface area contributed by atoms with Gasteiger partial charge < -0.3 is 15.1 Å². The Morgan fingerprint density at radius 2 is 2.04 bits per heavy atom. The monoisotopic (exact) mass is 406 g/mol. The summed E-state index contributed by atoms with van der Waals surface area (Å²) in [5.41, 5.74) is 0.653. The van der Waals surface area contributed by atoms with Crippen LogP contribution in [0.1, 0.15) is 55.8 Å². The Hall–Kier alpha value is -1.59. The Bertz CT molecular complexity index is 674. The number of amides is 2. The van der Waals surface area contributed by atoms with Crippen molar-refractivity contribution in [1.29, 1.82) is 0 Å². The van der Waals surface area contributed by atoms with Gasteiger partial charge in [-0.15, -0.1) is 0 Å². The number of quaternary nitrogens is 1. The summed E-state index contributed by atoms with van der Waals surface area (Å²) >= 11 is 6.00. The minimum Gasteiger partial charge on any atom is -0.350 e. The molecule has 28 heavy (non-hydrogen) atoms. The number of likely N-dealkylation sites (N-methyl/N-ethyl adjacent to an activating group) is 1. The molecule has 2 fully saturated rings.